The quantitative estimate of drug-likeness (QED) is 0.833. The van der Waals surface area contributed by atoms with Gasteiger partial charge in [-0.05, 0) is 43.9 Å². The van der Waals surface area contributed by atoms with E-state index in [-0.39, 0.29) is 17.9 Å². The average Bonchev–Trinajstić information content (AvgIpc) is 3.19. The van der Waals surface area contributed by atoms with Gasteiger partial charge in [-0.1, -0.05) is 32.6 Å². The Morgan fingerprint density at radius 3 is 2.43 bits per heavy atom. The van der Waals surface area contributed by atoms with Gasteiger partial charge in [0.15, 0.2) is 6.10 Å². The van der Waals surface area contributed by atoms with E-state index < -0.39 is 16.1 Å². The molecule has 3 aliphatic rings. The van der Waals surface area contributed by atoms with Gasteiger partial charge < -0.3 is 10.1 Å². The number of amides is 1. The van der Waals surface area contributed by atoms with E-state index in [0.717, 1.165) is 56.9 Å². The van der Waals surface area contributed by atoms with Gasteiger partial charge in [0.1, 0.15) is 5.75 Å². The summed E-state index contributed by atoms with van der Waals surface area (Å²) >= 11 is 0. The highest BCUT2D eigenvalue weighted by atomic mass is 32.2. The Morgan fingerprint density at radius 2 is 1.75 bits per heavy atom. The molecular formula is C21H30N2O4S. The van der Waals surface area contributed by atoms with E-state index in [1.54, 1.807) is 22.5 Å². The SMILES string of the molecule is CC1c2cc(S(=O)(=O)N3CCCCCC3)ccc2OC1C(=O)NC1CCCC1. The number of carbonyl (C=O) groups is 1. The normalized spacial score (nSPS) is 26.5. The summed E-state index contributed by atoms with van der Waals surface area (Å²) in [6.07, 6.45) is 7.76. The predicted molar refractivity (Wildman–Crippen MR) is 107 cm³/mol. The van der Waals surface area contributed by atoms with E-state index in [9.17, 15) is 13.2 Å². The third-order valence-corrected chi connectivity index (χ3v) is 8.24. The van der Waals surface area contributed by atoms with Crippen LogP contribution in [0, 0.1) is 0 Å². The molecule has 0 aromatic heterocycles. The van der Waals surface area contributed by atoms with Crippen LogP contribution < -0.4 is 10.1 Å². The molecule has 4 rings (SSSR count). The van der Waals surface area contributed by atoms with E-state index >= 15 is 0 Å². The molecule has 0 bridgehead atoms. The second-order valence-corrected chi connectivity index (χ2v) is 10.3. The molecule has 0 radical (unpaired) electrons. The highest BCUT2D eigenvalue weighted by molar-refractivity contribution is 7.89. The first-order valence-electron chi connectivity index (χ1n) is 10.6. The number of ether oxygens (including phenoxy) is 1. The van der Waals surface area contributed by atoms with Crippen LogP contribution in [0.25, 0.3) is 0 Å². The number of sulfonamides is 1. The van der Waals surface area contributed by atoms with Gasteiger partial charge in [0.25, 0.3) is 5.91 Å². The first kappa shape index (κ1) is 19.7. The van der Waals surface area contributed by atoms with Crippen LogP contribution in [0.5, 0.6) is 5.75 Å². The molecule has 7 heteroatoms. The fourth-order valence-electron chi connectivity index (χ4n) is 4.62. The molecule has 6 nitrogen and oxygen atoms in total. The predicted octanol–water partition coefficient (Wildman–Crippen LogP) is 3.17. The largest absolute Gasteiger partial charge is 0.480 e. The van der Waals surface area contributed by atoms with Crippen LogP contribution >= 0.6 is 0 Å². The van der Waals surface area contributed by atoms with Crippen molar-refractivity contribution in [3.8, 4) is 5.75 Å². The Labute approximate surface area is 167 Å². The molecule has 2 fully saturated rings. The van der Waals surface area contributed by atoms with Crippen molar-refractivity contribution < 1.29 is 17.9 Å². The summed E-state index contributed by atoms with van der Waals surface area (Å²) < 4.78 is 33.7. The fourth-order valence-corrected chi connectivity index (χ4v) is 6.17. The maximum Gasteiger partial charge on any atom is 0.261 e. The zero-order valence-corrected chi connectivity index (χ0v) is 17.3. The molecule has 1 saturated heterocycles. The summed E-state index contributed by atoms with van der Waals surface area (Å²) in [6, 6.07) is 5.27. The summed E-state index contributed by atoms with van der Waals surface area (Å²) in [5.74, 6) is 0.358. The lowest BCUT2D eigenvalue weighted by molar-refractivity contribution is -0.128. The van der Waals surface area contributed by atoms with E-state index in [0.29, 0.717) is 23.7 Å². The average molecular weight is 407 g/mol. The molecule has 0 spiro atoms. The lowest BCUT2D eigenvalue weighted by atomic mass is 9.97. The number of rotatable bonds is 4. The van der Waals surface area contributed by atoms with Gasteiger partial charge in [-0.3, -0.25) is 4.79 Å². The van der Waals surface area contributed by atoms with Crippen molar-refractivity contribution in [3.05, 3.63) is 23.8 Å². The Bertz CT molecular complexity index is 825. The third kappa shape index (κ3) is 3.79. The van der Waals surface area contributed by atoms with Crippen molar-refractivity contribution in [2.45, 2.75) is 81.2 Å². The number of benzene rings is 1. The minimum absolute atomic E-state index is 0.0903. The van der Waals surface area contributed by atoms with Crippen molar-refractivity contribution in [1.82, 2.24) is 9.62 Å². The second-order valence-electron chi connectivity index (χ2n) is 8.34. The first-order valence-corrected chi connectivity index (χ1v) is 12.0. The first-order chi connectivity index (χ1) is 13.5. The molecule has 1 aliphatic carbocycles. The summed E-state index contributed by atoms with van der Waals surface area (Å²) in [5.41, 5.74) is 0.808. The van der Waals surface area contributed by atoms with Crippen molar-refractivity contribution >= 4 is 15.9 Å². The molecule has 1 N–H and O–H groups in total. The van der Waals surface area contributed by atoms with Crippen LogP contribution in [-0.2, 0) is 14.8 Å². The number of fused-ring (bicyclic) bond motifs is 1. The molecular weight excluding hydrogens is 376 g/mol. The third-order valence-electron chi connectivity index (χ3n) is 6.34. The molecule has 2 heterocycles. The van der Waals surface area contributed by atoms with Gasteiger partial charge >= 0.3 is 0 Å². The number of hydrogen-bond acceptors (Lipinski definition) is 4. The molecule has 1 saturated carbocycles. The molecule has 2 unspecified atom stereocenters. The number of nitrogens with one attached hydrogen (secondary N) is 1. The smallest absolute Gasteiger partial charge is 0.261 e. The number of carbonyl (C=O) groups excluding carboxylic acids is 1. The summed E-state index contributed by atoms with van der Waals surface area (Å²) in [6.45, 7) is 3.10. The summed E-state index contributed by atoms with van der Waals surface area (Å²) in [7, 11) is -3.51. The molecule has 1 aromatic carbocycles. The Morgan fingerprint density at radius 1 is 1.07 bits per heavy atom. The fraction of sp³-hybridized carbons (Fsp3) is 0.667. The standard InChI is InChI=1S/C21H30N2O4S/c1-15-18-14-17(28(25,26)23-12-6-2-3-7-13-23)10-11-19(18)27-20(15)21(24)22-16-8-4-5-9-16/h10-11,14-16,20H,2-9,12-13H2,1H3,(H,22,24). The van der Waals surface area contributed by atoms with Gasteiger partial charge in [0, 0.05) is 30.6 Å². The van der Waals surface area contributed by atoms with E-state index in [4.69, 9.17) is 4.74 Å². The minimum Gasteiger partial charge on any atom is -0.480 e. The lowest BCUT2D eigenvalue weighted by Crippen LogP contribution is -2.43. The van der Waals surface area contributed by atoms with Crippen molar-refractivity contribution in [2.75, 3.05) is 13.1 Å². The van der Waals surface area contributed by atoms with Gasteiger partial charge in [-0.2, -0.15) is 4.31 Å². The highest BCUT2D eigenvalue weighted by Crippen LogP contribution is 2.40. The van der Waals surface area contributed by atoms with Gasteiger partial charge in [-0.25, -0.2) is 8.42 Å². The second kappa shape index (κ2) is 8.03. The van der Waals surface area contributed by atoms with Gasteiger partial charge in [0.2, 0.25) is 10.0 Å². The van der Waals surface area contributed by atoms with Gasteiger partial charge in [-0.15, -0.1) is 0 Å². The van der Waals surface area contributed by atoms with Crippen LogP contribution in [0.2, 0.25) is 0 Å². The summed E-state index contributed by atoms with van der Waals surface area (Å²) in [4.78, 5) is 13.0. The molecule has 28 heavy (non-hydrogen) atoms. The van der Waals surface area contributed by atoms with Crippen molar-refractivity contribution in [2.24, 2.45) is 0 Å². The number of nitrogens with zero attached hydrogens (tertiary/aromatic N) is 1. The molecule has 154 valence electrons. The Kier molecular flexibility index (Phi) is 5.65. The maximum absolute atomic E-state index is 13.1. The van der Waals surface area contributed by atoms with Gasteiger partial charge in [0.05, 0.1) is 4.90 Å². The Hall–Kier alpha value is -1.60. The van der Waals surface area contributed by atoms with E-state index in [2.05, 4.69) is 5.32 Å². The van der Waals surface area contributed by atoms with E-state index in [1.165, 1.54) is 0 Å². The monoisotopic (exact) mass is 406 g/mol. The van der Waals surface area contributed by atoms with Crippen molar-refractivity contribution in [1.29, 1.82) is 0 Å². The lowest BCUT2D eigenvalue weighted by Gasteiger charge is -2.20. The van der Waals surface area contributed by atoms with E-state index in [1.807, 2.05) is 6.92 Å². The van der Waals surface area contributed by atoms with Crippen LogP contribution in [-0.4, -0.2) is 43.9 Å². The maximum atomic E-state index is 13.1. The highest BCUT2D eigenvalue weighted by Gasteiger charge is 2.38. The van der Waals surface area contributed by atoms with Crippen LogP contribution in [0.3, 0.4) is 0 Å². The molecule has 1 amide bonds. The Balaban J connectivity index is 1.52. The molecule has 1 aromatic rings. The topological polar surface area (TPSA) is 75.7 Å². The summed E-state index contributed by atoms with van der Waals surface area (Å²) in [5, 5.41) is 3.10. The number of hydrogen-bond donors (Lipinski definition) is 1. The molecule has 2 atom stereocenters. The molecule has 2 aliphatic heterocycles. The zero-order chi connectivity index (χ0) is 19.7. The van der Waals surface area contributed by atoms with Crippen molar-refractivity contribution in [3.63, 3.8) is 0 Å². The van der Waals surface area contributed by atoms with Crippen LogP contribution in [0.1, 0.15) is 69.8 Å². The van der Waals surface area contributed by atoms with Crippen LogP contribution in [0.4, 0.5) is 0 Å². The zero-order valence-electron chi connectivity index (χ0n) is 16.5. The minimum atomic E-state index is -3.51. The van der Waals surface area contributed by atoms with Crippen LogP contribution in [0.15, 0.2) is 23.1 Å².